The third kappa shape index (κ3) is 2.72. The van der Waals surface area contributed by atoms with Gasteiger partial charge in [-0.1, -0.05) is 27.5 Å². The number of thiophene rings is 1. The lowest BCUT2D eigenvalue weighted by Crippen LogP contribution is -2.20. The number of hydrogen-bond donors (Lipinski definition) is 0. The summed E-state index contributed by atoms with van der Waals surface area (Å²) in [5, 5.41) is 1.99. The van der Waals surface area contributed by atoms with E-state index in [9.17, 15) is 8.42 Å². The molecule has 2 atom stereocenters. The molecule has 0 aliphatic rings. The normalized spacial score (nSPS) is 16.6. The van der Waals surface area contributed by atoms with E-state index in [0.717, 1.165) is 4.88 Å². The third-order valence-electron chi connectivity index (χ3n) is 1.98. The number of hydrogen-bond acceptors (Lipinski definition) is 3. The van der Waals surface area contributed by atoms with Crippen LogP contribution in [0.25, 0.3) is 0 Å². The van der Waals surface area contributed by atoms with Gasteiger partial charge in [0, 0.05) is 11.1 Å². The minimum Gasteiger partial charge on any atom is -0.229 e. The van der Waals surface area contributed by atoms with Gasteiger partial charge in [0.1, 0.15) is 0 Å². The van der Waals surface area contributed by atoms with Gasteiger partial charge < -0.3 is 0 Å². The van der Waals surface area contributed by atoms with Crippen LogP contribution in [0, 0.1) is 0 Å². The second kappa shape index (κ2) is 4.51. The molecule has 0 N–H and O–H groups in total. The summed E-state index contributed by atoms with van der Waals surface area (Å²) in [6.45, 7) is 1.67. The Kier molecular flexibility index (Phi) is 4.03. The molecule has 0 aromatic carbocycles. The fourth-order valence-corrected chi connectivity index (χ4v) is 4.72. The quantitative estimate of drug-likeness (QED) is 0.802. The zero-order valence-electron chi connectivity index (χ0n) is 7.70. The van der Waals surface area contributed by atoms with Crippen LogP contribution < -0.4 is 0 Å². The zero-order valence-corrected chi connectivity index (χ0v) is 11.7. The molecule has 80 valence electrons. The highest BCUT2D eigenvalue weighted by atomic mass is 79.9. The molecule has 6 heteroatoms. The Hall–Kier alpha value is 0.420. The molecule has 0 saturated heterocycles. The van der Waals surface area contributed by atoms with Gasteiger partial charge in [0.05, 0.1) is 15.1 Å². The number of halogens is 2. The molecule has 0 saturated carbocycles. The molecule has 1 aromatic heterocycles. The Bertz CT molecular complexity index is 413. The van der Waals surface area contributed by atoms with Crippen LogP contribution in [0.5, 0.6) is 0 Å². The van der Waals surface area contributed by atoms with Crippen LogP contribution in [-0.4, -0.2) is 19.9 Å². The summed E-state index contributed by atoms with van der Waals surface area (Å²) in [5.74, 6) is 0. The maximum atomic E-state index is 11.3. The summed E-state index contributed by atoms with van der Waals surface area (Å²) < 4.78 is 22.6. The van der Waals surface area contributed by atoms with Crippen LogP contribution in [0.3, 0.4) is 0 Å². The lowest BCUT2D eigenvalue weighted by atomic mass is 10.3. The zero-order chi connectivity index (χ0) is 10.9. The van der Waals surface area contributed by atoms with Crippen molar-refractivity contribution in [2.75, 3.05) is 6.26 Å². The van der Waals surface area contributed by atoms with E-state index in [1.165, 1.54) is 17.6 Å². The van der Waals surface area contributed by atoms with Gasteiger partial charge in [0.2, 0.25) is 0 Å². The number of rotatable bonds is 3. The Balaban J connectivity index is 2.97. The number of sulfone groups is 1. The first-order chi connectivity index (χ1) is 6.34. The summed E-state index contributed by atoms with van der Waals surface area (Å²) in [6, 6.07) is 1.77. The molecule has 0 fully saturated rings. The molecule has 0 spiro atoms. The van der Waals surface area contributed by atoms with Gasteiger partial charge in [-0.3, -0.25) is 0 Å². The van der Waals surface area contributed by atoms with E-state index < -0.39 is 15.1 Å². The first-order valence-electron chi connectivity index (χ1n) is 3.90. The predicted octanol–water partition coefficient (Wildman–Crippen LogP) is 3.27. The largest absolute Gasteiger partial charge is 0.229 e. The smallest absolute Gasteiger partial charge is 0.151 e. The van der Waals surface area contributed by atoms with E-state index in [1.807, 2.05) is 5.38 Å². The topological polar surface area (TPSA) is 34.1 Å². The van der Waals surface area contributed by atoms with Crippen molar-refractivity contribution in [3.05, 3.63) is 21.3 Å². The highest BCUT2D eigenvalue weighted by Gasteiger charge is 2.27. The van der Waals surface area contributed by atoms with E-state index >= 15 is 0 Å². The van der Waals surface area contributed by atoms with Crippen molar-refractivity contribution in [1.29, 1.82) is 0 Å². The van der Waals surface area contributed by atoms with Crippen molar-refractivity contribution in [1.82, 2.24) is 0 Å². The van der Waals surface area contributed by atoms with Crippen LogP contribution in [0.1, 0.15) is 16.6 Å². The van der Waals surface area contributed by atoms with Crippen LogP contribution in [-0.2, 0) is 9.84 Å². The fraction of sp³-hybridized carbons (Fsp3) is 0.500. The molecule has 0 aliphatic carbocycles. The van der Waals surface area contributed by atoms with Gasteiger partial charge in [-0.05, 0) is 18.4 Å². The Morgan fingerprint density at radius 3 is 2.50 bits per heavy atom. The monoisotopic (exact) mass is 316 g/mol. The summed E-state index contributed by atoms with van der Waals surface area (Å²) >= 11 is 10.7. The SMILES string of the molecule is CC(C(Br)c1sccc1Cl)S(C)(=O)=O. The van der Waals surface area contributed by atoms with Gasteiger partial charge in [-0.15, -0.1) is 11.3 Å². The molecule has 0 bridgehead atoms. The molecular weight excluding hydrogens is 308 g/mol. The Morgan fingerprint density at radius 2 is 2.14 bits per heavy atom. The standard InChI is InChI=1S/C8H10BrClO2S2/c1-5(14(2,11)12)7(9)8-6(10)3-4-13-8/h3-5,7H,1-2H3. The minimum absolute atomic E-state index is 0.231. The second-order valence-electron chi connectivity index (χ2n) is 3.07. The third-order valence-corrected chi connectivity index (χ3v) is 6.95. The molecule has 2 unspecified atom stereocenters. The maximum Gasteiger partial charge on any atom is 0.151 e. The second-order valence-corrected chi connectivity index (χ2v) is 7.81. The van der Waals surface area contributed by atoms with Crippen molar-refractivity contribution in [3.63, 3.8) is 0 Å². The molecular formula is C8H10BrClO2S2. The lowest BCUT2D eigenvalue weighted by Gasteiger charge is -2.15. The Morgan fingerprint density at radius 1 is 1.57 bits per heavy atom. The van der Waals surface area contributed by atoms with E-state index in [-0.39, 0.29) is 4.83 Å². The highest BCUT2D eigenvalue weighted by molar-refractivity contribution is 9.09. The molecule has 0 amide bonds. The molecule has 1 rings (SSSR count). The van der Waals surface area contributed by atoms with Crippen molar-refractivity contribution < 1.29 is 8.42 Å². The average molecular weight is 318 g/mol. The molecule has 0 aliphatic heterocycles. The molecule has 0 radical (unpaired) electrons. The maximum absolute atomic E-state index is 11.3. The van der Waals surface area contributed by atoms with Crippen molar-refractivity contribution >= 4 is 48.7 Å². The van der Waals surface area contributed by atoms with Crippen LogP contribution in [0.2, 0.25) is 5.02 Å². The van der Waals surface area contributed by atoms with Gasteiger partial charge in [-0.25, -0.2) is 8.42 Å². The number of alkyl halides is 1. The Labute approximate surface area is 101 Å². The van der Waals surface area contributed by atoms with E-state index in [2.05, 4.69) is 15.9 Å². The van der Waals surface area contributed by atoms with Crippen molar-refractivity contribution in [3.8, 4) is 0 Å². The fourth-order valence-electron chi connectivity index (χ4n) is 0.932. The lowest BCUT2D eigenvalue weighted by molar-refractivity contribution is 0.589. The minimum atomic E-state index is -3.04. The van der Waals surface area contributed by atoms with Crippen molar-refractivity contribution in [2.45, 2.75) is 17.0 Å². The molecule has 14 heavy (non-hydrogen) atoms. The molecule has 1 heterocycles. The summed E-state index contributed by atoms with van der Waals surface area (Å²) in [6.07, 6.45) is 1.23. The summed E-state index contributed by atoms with van der Waals surface area (Å²) in [4.78, 5) is 0.634. The molecule has 2 nitrogen and oxygen atoms in total. The van der Waals surface area contributed by atoms with Crippen LogP contribution in [0.15, 0.2) is 11.4 Å². The van der Waals surface area contributed by atoms with Gasteiger partial charge in [0.15, 0.2) is 9.84 Å². The van der Waals surface area contributed by atoms with Gasteiger partial charge in [-0.2, -0.15) is 0 Å². The first kappa shape index (κ1) is 12.5. The van der Waals surface area contributed by atoms with Crippen molar-refractivity contribution in [2.24, 2.45) is 0 Å². The van der Waals surface area contributed by atoms with Gasteiger partial charge >= 0.3 is 0 Å². The van der Waals surface area contributed by atoms with E-state index in [4.69, 9.17) is 11.6 Å². The van der Waals surface area contributed by atoms with E-state index in [0.29, 0.717) is 5.02 Å². The molecule has 1 aromatic rings. The van der Waals surface area contributed by atoms with Gasteiger partial charge in [0.25, 0.3) is 0 Å². The van der Waals surface area contributed by atoms with Crippen LogP contribution in [0.4, 0.5) is 0 Å². The van der Waals surface area contributed by atoms with Crippen LogP contribution >= 0.6 is 38.9 Å². The summed E-state index contributed by atoms with van der Waals surface area (Å²) in [5.41, 5.74) is 0. The highest BCUT2D eigenvalue weighted by Crippen LogP contribution is 2.38. The average Bonchev–Trinajstić information content (AvgIpc) is 2.47. The summed E-state index contributed by atoms with van der Waals surface area (Å²) in [7, 11) is -3.04. The first-order valence-corrected chi connectivity index (χ1v) is 8.02. The van der Waals surface area contributed by atoms with E-state index in [1.54, 1.807) is 13.0 Å². The predicted molar refractivity (Wildman–Crippen MR) is 65.3 cm³/mol.